The summed E-state index contributed by atoms with van der Waals surface area (Å²) in [5.41, 5.74) is 11.6. The van der Waals surface area contributed by atoms with E-state index in [1.165, 1.54) is 0 Å². The third-order valence-corrected chi connectivity index (χ3v) is 4.42. The zero-order valence-electron chi connectivity index (χ0n) is 12.9. The molecule has 0 bridgehead atoms. The Bertz CT molecular complexity index is 893. The van der Waals surface area contributed by atoms with E-state index < -0.39 is 0 Å². The van der Waals surface area contributed by atoms with Gasteiger partial charge in [-0.2, -0.15) is 0 Å². The first-order valence-electron chi connectivity index (χ1n) is 7.75. The fraction of sp³-hybridized carbons (Fsp3) is 0.158. The molecule has 4 rings (SSSR count). The number of Topliss-reactive ketones (excluding diaryl/α,β-unsaturated/α-hetero) is 1. The Labute approximate surface area is 134 Å². The van der Waals surface area contributed by atoms with Crippen molar-refractivity contribution < 1.29 is 4.79 Å². The lowest BCUT2D eigenvalue weighted by Crippen LogP contribution is -2.15. The summed E-state index contributed by atoms with van der Waals surface area (Å²) in [4.78, 5) is 17.0. The maximum atomic E-state index is 12.5. The molecule has 1 unspecified atom stereocenters. The standard InChI is InChI=1S/C19H17N3O/c1-2-16(23)18-14-5-3-4-6-15(14)19-17(21-11-22(18)19)12-7-9-13(20)10-8-12/h3-11,18H,2,20H2,1H3. The molecular formula is C19H17N3O. The number of carbonyl (C=O) groups is 1. The van der Waals surface area contributed by atoms with Crippen molar-refractivity contribution in [2.75, 3.05) is 5.73 Å². The van der Waals surface area contributed by atoms with Gasteiger partial charge < -0.3 is 10.3 Å². The number of carbonyl (C=O) groups excluding carboxylic acids is 1. The number of benzene rings is 2. The summed E-state index contributed by atoms with van der Waals surface area (Å²) < 4.78 is 2.00. The maximum absolute atomic E-state index is 12.5. The van der Waals surface area contributed by atoms with Gasteiger partial charge in [0, 0.05) is 23.2 Å². The van der Waals surface area contributed by atoms with Crippen LogP contribution in [0.2, 0.25) is 0 Å². The molecule has 0 saturated carbocycles. The summed E-state index contributed by atoms with van der Waals surface area (Å²) in [6.07, 6.45) is 2.28. The second kappa shape index (κ2) is 5.09. The lowest BCUT2D eigenvalue weighted by Gasteiger charge is -2.11. The molecule has 2 N–H and O–H groups in total. The summed E-state index contributed by atoms with van der Waals surface area (Å²) in [5.74, 6) is 0.206. The van der Waals surface area contributed by atoms with Gasteiger partial charge in [0.05, 0.1) is 17.7 Å². The van der Waals surface area contributed by atoms with Crippen LogP contribution in [0.1, 0.15) is 24.9 Å². The predicted molar refractivity (Wildman–Crippen MR) is 90.9 cm³/mol. The van der Waals surface area contributed by atoms with E-state index in [2.05, 4.69) is 11.1 Å². The molecule has 1 aromatic heterocycles. The summed E-state index contributed by atoms with van der Waals surface area (Å²) >= 11 is 0. The molecule has 0 radical (unpaired) electrons. The highest BCUT2D eigenvalue weighted by Gasteiger charge is 2.34. The van der Waals surface area contributed by atoms with Gasteiger partial charge in [-0.15, -0.1) is 0 Å². The lowest BCUT2D eigenvalue weighted by molar-refractivity contribution is -0.120. The SMILES string of the molecule is CCC(=O)C1c2ccccc2-c2c(-c3ccc(N)cc3)ncn21. The first kappa shape index (κ1) is 13.8. The van der Waals surface area contributed by atoms with Crippen molar-refractivity contribution in [1.29, 1.82) is 0 Å². The number of anilines is 1. The second-order valence-corrected chi connectivity index (χ2v) is 5.78. The number of hydrogen-bond acceptors (Lipinski definition) is 3. The molecule has 0 aliphatic carbocycles. The fourth-order valence-corrected chi connectivity index (χ4v) is 3.30. The normalized spacial score (nSPS) is 15.3. The fourth-order valence-electron chi connectivity index (χ4n) is 3.30. The van der Waals surface area contributed by atoms with Crippen LogP contribution in [0.15, 0.2) is 54.9 Å². The largest absolute Gasteiger partial charge is 0.399 e. The van der Waals surface area contributed by atoms with Crippen molar-refractivity contribution in [3.8, 4) is 22.5 Å². The molecule has 0 amide bonds. The Kier molecular flexibility index (Phi) is 3.05. The number of rotatable bonds is 3. The summed E-state index contributed by atoms with van der Waals surface area (Å²) in [7, 11) is 0. The maximum Gasteiger partial charge on any atom is 0.159 e. The molecular weight excluding hydrogens is 286 g/mol. The van der Waals surface area contributed by atoms with Crippen LogP contribution in [0.3, 0.4) is 0 Å². The minimum Gasteiger partial charge on any atom is -0.399 e. The number of ketones is 1. The number of hydrogen-bond donors (Lipinski definition) is 1. The minimum absolute atomic E-state index is 0.206. The molecule has 1 atom stereocenters. The molecule has 0 spiro atoms. The monoisotopic (exact) mass is 303 g/mol. The van der Waals surface area contributed by atoms with E-state index in [-0.39, 0.29) is 11.8 Å². The Balaban J connectivity index is 1.94. The van der Waals surface area contributed by atoms with Gasteiger partial charge in [-0.1, -0.05) is 43.3 Å². The molecule has 0 fully saturated rings. The van der Waals surface area contributed by atoms with E-state index in [1.807, 2.05) is 54.0 Å². The van der Waals surface area contributed by atoms with Crippen molar-refractivity contribution in [2.45, 2.75) is 19.4 Å². The van der Waals surface area contributed by atoms with E-state index in [4.69, 9.17) is 5.73 Å². The summed E-state index contributed by atoms with van der Waals surface area (Å²) in [5, 5.41) is 0. The van der Waals surface area contributed by atoms with E-state index in [1.54, 1.807) is 6.33 Å². The molecule has 1 aliphatic rings. The first-order chi connectivity index (χ1) is 11.2. The van der Waals surface area contributed by atoms with Gasteiger partial charge in [0.1, 0.15) is 6.04 Å². The van der Waals surface area contributed by atoms with Crippen molar-refractivity contribution >= 4 is 11.5 Å². The van der Waals surface area contributed by atoms with E-state index in [9.17, 15) is 4.79 Å². The third-order valence-electron chi connectivity index (χ3n) is 4.42. The molecule has 114 valence electrons. The molecule has 3 aromatic rings. The number of imidazole rings is 1. The highest BCUT2D eigenvalue weighted by molar-refractivity contribution is 5.94. The number of nitrogens with two attached hydrogens (primary N) is 1. The third kappa shape index (κ3) is 1.99. The molecule has 2 heterocycles. The predicted octanol–water partition coefficient (Wildman–Crippen LogP) is 3.68. The zero-order chi connectivity index (χ0) is 16.0. The Morgan fingerprint density at radius 1 is 1.17 bits per heavy atom. The van der Waals surface area contributed by atoms with Crippen LogP contribution in [0.5, 0.6) is 0 Å². The van der Waals surface area contributed by atoms with E-state index in [0.29, 0.717) is 6.42 Å². The van der Waals surface area contributed by atoms with Crippen LogP contribution in [0.25, 0.3) is 22.5 Å². The number of aromatic nitrogens is 2. The molecule has 2 aromatic carbocycles. The van der Waals surface area contributed by atoms with Crippen LogP contribution in [0.4, 0.5) is 5.69 Å². The van der Waals surface area contributed by atoms with Crippen LogP contribution in [0, 0.1) is 0 Å². The average Bonchev–Trinajstić information content (AvgIpc) is 3.13. The molecule has 23 heavy (non-hydrogen) atoms. The van der Waals surface area contributed by atoms with Crippen molar-refractivity contribution in [2.24, 2.45) is 0 Å². The van der Waals surface area contributed by atoms with Crippen LogP contribution in [-0.2, 0) is 4.79 Å². The first-order valence-corrected chi connectivity index (χ1v) is 7.75. The van der Waals surface area contributed by atoms with E-state index in [0.717, 1.165) is 33.8 Å². The summed E-state index contributed by atoms with van der Waals surface area (Å²) in [6, 6.07) is 15.5. The molecule has 0 saturated heterocycles. The summed E-state index contributed by atoms with van der Waals surface area (Å²) in [6.45, 7) is 1.90. The molecule has 4 heteroatoms. The van der Waals surface area contributed by atoms with Crippen molar-refractivity contribution in [3.05, 3.63) is 60.4 Å². The average molecular weight is 303 g/mol. The van der Waals surface area contributed by atoms with Gasteiger partial charge in [-0.05, 0) is 17.7 Å². The Morgan fingerprint density at radius 2 is 1.91 bits per heavy atom. The Morgan fingerprint density at radius 3 is 2.65 bits per heavy atom. The van der Waals surface area contributed by atoms with Gasteiger partial charge in [0.25, 0.3) is 0 Å². The molecule has 4 nitrogen and oxygen atoms in total. The smallest absolute Gasteiger partial charge is 0.159 e. The quantitative estimate of drug-likeness (QED) is 0.751. The Hall–Kier alpha value is -2.88. The highest BCUT2D eigenvalue weighted by atomic mass is 16.1. The number of nitrogen functional groups attached to an aromatic ring is 1. The van der Waals surface area contributed by atoms with E-state index >= 15 is 0 Å². The number of nitrogens with zero attached hydrogens (tertiary/aromatic N) is 2. The van der Waals surface area contributed by atoms with Gasteiger partial charge >= 0.3 is 0 Å². The van der Waals surface area contributed by atoms with Gasteiger partial charge in [-0.25, -0.2) is 4.98 Å². The van der Waals surface area contributed by atoms with Gasteiger partial charge in [0.2, 0.25) is 0 Å². The zero-order valence-corrected chi connectivity index (χ0v) is 12.9. The highest BCUT2D eigenvalue weighted by Crippen LogP contribution is 2.44. The number of fused-ring (bicyclic) bond motifs is 3. The van der Waals surface area contributed by atoms with Crippen LogP contribution >= 0.6 is 0 Å². The van der Waals surface area contributed by atoms with Crippen molar-refractivity contribution in [1.82, 2.24) is 9.55 Å². The minimum atomic E-state index is -0.263. The van der Waals surface area contributed by atoms with Crippen molar-refractivity contribution in [3.63, 3.8) is 0 Å². The van der Waals surface area contributed by atoms with Gasteiger partial charge in [0.15, 0.2) is 5.78 Å². The van der Waals surface area contributed by atoms with Crippen LogP contribution < -0.4 is 5.73 Å². The lowest BCUT2D eigenvalue weighted by atomic mass is 9.97. The topological polar surface area (TPSA) is 60.9 Å². The second-order valence-electron chi connectivity index (χ2n) is 5.78. The van der Waals surface area contributed by atoms with Crippen LogP contribution in [-0.4, -0.2) is 15.3 Å². The van der Waals surface area contributed by atoms with Gasteiger partial charge in [-0.3, -0.25) is 4.79 Å². The molecule has 1 aliphatic heterocycles.